The number of carbonyl (C=O) groups excluding carboxylic acids is 1. The van der Waals surface area contributed by atoms with Gasteiger partial charge >= 0.3 is 0 Å². The first kappa shape index (κ1) is 18.6. The molecule has 0 aromatic heterocycles. The van der Waals surface area contributed by atoms with Crippen molar-refractivity contribution >= 4 is 29.9 Å². The highest BCUT2D eigenvalue weighted by molar-refractivity contribution is 6.30. The molecule has 0 aliphatic heterocycles. The van der Waals surface area contributed by atoms with Crippen LogP contribution in [0.1, 0.15) is 50.0 Å². The van der Waals surface area contributed by atoms with Crippen LogP contribution in [0.4, 0.5) is 0 Å². The molecule has 0 bridgehead atoms. The Morgan fingerprint density at radius 3 is 2.70 bits per heavy atom. The van der Waals surface area contributed by atoms with E-state index in [4.69, 9.17) is 17.3 Å². The first-order valence-electron chi connectivity index (χ1n) is 8.45. The van der Waals surface area contributed by atoms with Gasteiger partial charge in [-0.05, 0) is 48.8 Å². The number of hydrogen-bond donors (Lipinski definition) is 2. The minimum Gasteiger partial charge on any atom is -0.352 e. The van der Waals surface area contributed by atoms with Crippen LogP contribution in [0.25, 0.3) is 0 Å². The molecule has 1 aromatic carbocycles. The van der Waals surface area contributed by atoms with Crippen molar-refractivity contribution in [2.45, 2.75) is 50.5 Å². The number of benzene rings is 1. The molecular weight excluding hydrogens is 331 g/mol. The molecule has 2 saturated carbocycles. The van der Waals surface area contributed by atoms with E-state index in [-0.39, 0.29) is 30.3 Å². The van der Waals surface area contributed by atoms with Crippen molar-refractivity contribution < 1.29 is 4.79 Å². The fourth-order valence-electron chi connectivity index (χ4n) is 3.79. The first-order valence-corrected chi connectivity index (χ1v) is 8.82. The lowest BCUT2D eigenvalue weighted by Gasteiger charge is -2.30. The summed E-state index contributed by atoms with van der Waals surface area (Å²) in [6.07, 6.45) is 7.18. The van der Waals surface area contributed by atoms with Crippen LogP contribution in [-0.4, -0.2) is 18.5 Å². The van der Waals surface area contributed by atoms with Gasteiger partial charge < -0.3 is 11.1 Å². The number of rotatable bonds is 5. The molecule has 2 aliphatic carbocycles. The zero-order valence-electron chi connectivity index (χ0n) is 13.3. The Kier molecular flexibility index (Phi) is 6.75. The van der Waals surface area contributed by atoms with Crippen LogP contribution in [0.5, 0.6) is 0 Å². The van der Waals surface area contributed by atoms with E-state index in [2.05, 4.69) is 11.4 Å². The lowest BCUT2D eigenvalue weighted by atomic mass is 9.84. The van der Waals surface area contributed by atoms with Gasteiger partial charge in [0.25, 0.3) is 0 Å². The Morgan fingerprint density at radius 2 is 2.04 bits per heavy atom. The molecule has 23 heavy (non-hydrogen) atoms. The zero-order valence-corrected chi connectivity index (χ0v) is 14.9. The molecule has 3 nitrogen and oxygen atoms in total. The van der Waals surface area contributed by atoms with Gasteiger partial charge in [-0.3, -0.25) is 4.79 Å². The highest BCUT2D eigenvalue weighted by atomic mass is 35.5. The van der Waals surface area contributed by atoms with Crippen molar-refractivity contribution in [1.29, 1.82) is 0 Å². The summed E-state index contributed by atoms with van der Waals surface area (Å²) in [6.45, 7) is 0.547. The average Bonchev–Trinajstić information content (AvgIpc) is 3.34. The minimum absolute atomic E-state index is 0. The summed E-state index contributed by atoms with van der Waals surface area (Å²) in [5.74, 6) is 1.15. The van der Waals surface area contributed by atoms with E-state index in [1.54, 1.807) is 0 Å². The number of nitrogens with two attached hydrogens (primary N) is 1. The molecule has 2 fully saturated rings. The third-order valence-corrected chi connectivity index (χ3v) is 5.44. The summed E-state index contributed by atoms with van der Waals surface area (Å²) in [5, 5.41) is 3.96. The SMILES string of the molecule is Cl.NCC(NC(=O)C1CC1c1cccc(Cl)c1)C1CCCCC1. The second-order valence-electron chi connectivity index (χ2n) is 6.75. The molecule has 3 rings (SSSR count). The Balaban J connectivity index is 0.00000192. The smallest absolute Gasteiger partial charge is 0.224 e. The summed E-state index contributed by atoms with van der Waals surface area (Å²) in [5.41, 5.74) is 7.08. The fraction of sp³-hybridized carbons (Fsp3) is 0.611. The molecule has 0 spiro atoms. The number of carbonyl (C=O) groups is 1. The van der Waals surface area contributed by atoms with E-state index in [1.165, 1.54) is 37.7 Å². The summed E-state index contributed by atoms with van der Waals surface area (Å²) in [7, 11) is 0. The number of nitrogens with one attached hydrogen (secondary N) is 1. The van der Waals surface area contributed by atoms with Crippen LogP contribution in [0.3, 0.4) is 0 Å². The Hall–Kier alpha value is -0.770. The van der Waals surface area contributed by atoms with Crippen LogP contribution in [0.15, 0.2) is 24.3 Å². The van der Waals surface area contributed by atoms with Gasteiger partial charge in [-0.1, -0.05) is 43.0 Å². The molecule has 3 unspecified atom stereocenters. The van der Waals surface area contributed by atoms with E-state index < -0.39 is 0 Å². The molecule has 2 aliphatic rings. The summed E-state index contributed by atoms with van der Waals surface area (Å²) >= 11 is 6.04. The van der Waals surface area contributed by atoms with Crippen LogP contribution in [0, 0.1) is 11.8 Å². The maximum Gasteiger partial charge on any atom is 0.224 e. The van der Waals surface area contributed by atoms with E-state index in [0.717, 1.165) is 11.4 Å². The fourth-order valence-corrected chi connectivity index (χ4v) is 3.98. The third kappa shape index (κ3) is 4.62. The van der Waals surface area contributed by atoms with Crippen molar-refractivity contribution in [1.82, 2.24) is 5.32 Å². The minimum atomic E-state index is 0. The van der Waals surface area contributed by atoms with Crippen LogP contribution >= 0.6 is 24.0 Å². The summed E-state index contributed by atoms with van der Waals surface area (Å²) in [6, 6.07) is 8.01. The van der Waals surface area contributed by atoms with Crippen molar-refractivity contribution in [2.75, 3.05) is 6.54 Å². The molecule has 1 amide bonds. The molecule has 3 atom stereocenters. The van der Waals surface area contributed by atoms with E-state index in [0.29, 0.717) is 18.4 Å². The van der Waals surface area contributed by atoms with Crippen molar-refractivity contribution in [3.63, 3.8) is 0 Å². The van der Waals surface area contributed by atoms with Crippen LogP contribution < -0.4 is 11.1 Å². The standard InChI is InChI=1S/C18H25ClN2O.ClH/c19-14-8-4-7-13(9-14)15-10-16(15)18(22)21-17(11-20)12-5-2-1-3-6-12;/h4,7-9,12,15-17H,1-3,5-6,10-11,20H2,(H,21,22);1H. The Morgan fingerprint density at radius 1 is 1.30 bits per heavy atom. The maximum atomic E-state index is 12.5. The summed E-state index contributed by atoms with van der Waals surface area (Å²) in [4.78, 5) is 12.5. The number of amides is 1. The third-order valence-electron chi connectivity index (χ3n) is 5.20. The van der Waals surface area contributed by atoms with Crippen LogP contribution in [0.2, 0.25) is 5.02 Å². The number of hydrogen-bond acceptors (Lipinski definition) is 2. The van der Waals surface area contributed by atoms with E-state index >= 15 is 0 Å². The highest BCUT2D eigenvalue weighted by Gasteiger charge is 2.44. The molecule has 128 valence electrons. The van der Waals surface area contributed by atoms with Gasteiger partial charge in [-0.25, -0.2) is 0 Å². The lowest BCUT2D eigenvalue weighted by molar-refractivity contribution is -0.123. The quantitative estimate of drug-likeness (QED) is 0.840. The van der Waals surface area contributed by atoms with Crippen LogP contribution in [-0.2, 0) is 4.79 Å². The van der Waals surface area contributed by atoms with E-state index in [1.807, 2.05) is 18.2 Å². The van der Waals surface area contributed by atoms with Gasteiger partial charge in [0.05, 0.1) is 0 Å². The predicted octanol–water partition coefficient (Wildman–Crippen LogP) is 3.89. The van der Waals surface area contributed by atoms with Crippen molar-refractivity contribution in [3.8, 4) is 0 Å². The van der Waals surface area contributed by atoms with Gasteiger partial charge in [-0.15, -0.1) is 12.4 Å². The van der Waals surface area contributed by atoms with Gasteiger partial charge in [0.15, 0.2) is 0 Å². The van der Waals surface area contributed by atoms with E-state index in [9.17, 15) is 4.79 Å². The molecule has 1 aromatic rings. The van der Waals surface area contributed by atoms with Crippen molar-refractivity contribution in [2.24, 2.45) is 17.6 Å². The molecule has 0 saturated heterocycles. The Bertz CT molecular complexity index is 532. The largest absolute Gasteiger partial charge is 0.352 e. The predicted molar refractivity (Wildman–Crippen MR) is 97.1 cm³/mol. The second kappa shape index (κ2) is 8.36. The van der Waals surface area contributed by atoms with Gasteiger partial charge in [0, 0.05) is 23.5 Å². The normalized spacial score (nSPS) is 25.3. The average molecular weight is 357 g/mol. The molecular formula is C18H26Cl2N2O. The van der Waals surface area contributed by atoms with Crippen molar-refractivity contribution in [3.05, 3.63) is 34.9 Å². The molecule has 0 radical (unpaired) electrons. The molecule has 5 heteroatoms. The highest BCUT2D eigenvalue weighted by Crippen LogP contribution is 2.48. The first-order chi connectivity index (χ1) is 10.7. The second-order valence-corrected chi connectivity index (χ2v) is 7.19. The lowest BCUT2D eigenvalue weighted by Crippen LogP contribution is -2.46. The van der Waals surface area contributed by atoms with Gasteiger partial charge in [0.1, 0.15) is 0 Å². The molecule has 3 N–H and O–H groups in total. The maximum absolute atomic E-state index is 12.5. The van der Waals surface area contributed by atoms with Gasteiger partial charge in [-0.2, -0.15) is 0 Å². The number of halogens is 2. The molecule has 0 heterocycles. The zero-order chi connectivity index (χ0) is 15.5. The van der Waals surface area contributed by atoms with Gasteiger partial charge in [0.2, 0.25) is 5.91 Å². The Labute approximate surface area is 149 Å². The topological polar surface area (TPSA) is 55.1 Å². The monoisotopic (exact) mass is 356 g/mol. The summed E-state index contributed by atoms with van der Waals surface area (Å²) < 4.78 is 0.